The first-order valence-corrected chi connectivity index (χ1v) is 10.7. The fourth-order valence-electron chi connectivity index (χ4n) is 4.49. The van der Waals surface area contributed by atoms with E-state index in [2.05, 4.69) is 5.32 Å². The number of nitrogens with zero attached hydrogens (tertiary/aromatic N) is 2. The van der Waals surface area contributed by atoms with Gasteiger partial charge in [-0.2, -0.15) is 0 Å². The van der Waals surface area contributed by atoms with Gasteiger partial charge in [0.2, 0.25) is 11.8 Å². The predicted octanol–water partition coefficient (Wildman–Crippen LogP) is 3.50. The fourth-order valence-corrected chi connectivity index (χ4v) is 4.49. The molecule has 1 aliphatic carbocycles. The second-order valence-electron chi connectivity index (χ2n) is 8.17. The maximum absolute atomic E-state index is 13.4. The molecule has 4 amide bonds. The highest BCUT2D eigenvalue weighted by molar-refractivity contribution is 6.23. The Hall–Kier alpha value is -3.55. The zero-order valence-electron chi connectivity index (χ0n) is 17.7. The number of carbonyl (C=O) groups excluding carboxylic acids is 4. The minimum absolute atomic E-state index is 0.101. The lowest BCUT2D eigenvalue weighted by Crippen LogP contribution is -2.50. The van der Waals surface area contributed by atoms with Gasteiger partial charge in [-0.3, -0.25) is 19.2 Å². The summed E-state index contributed by atoms with van der Waals surface area (Å²) in [5.41, 5.74) is 1.23. The van der Waals surface area contributed by atoms with Gasteiger partial charge in [0.25, 0.3) is 11.8 Å². The van der Waals surface area contributed by atoms with E-state index in [0.717, 1.165) is 30.6 Å². The van der Waals surface area contributed by atoms with Crippen molar-refractivity contribution < 1.29 is 23.6 Å². The summed E-state index contributed by atoms with van der Waals surface area (Å²) in [5, 5.41) is 2.64. The number of hydrogen-bond donors (Lipinski definition) is 1. The van der Waals surface area contributed by atoms with E-state index in [-0.39, 0.29) is 35.7 Å². The van der Waals surface area contributed by atoms with Crippen LogP contribution in [0, 0.1) is 5.82 Å². The molecule has 1 atom stereocenters. The van der Waals surface area contributed by atoms with Crippen LogP contribution < -0.4 is 10.2 Å². The van der Waals surface area contributed by atoms with Crippen LogP contribution >= 0.6 is 0 Å². The van der Waals surface area contributed by atoms with E-state index >= 15 is 0 Å². The third kappa shape index (κ3) is 4.26. The number of imide groups is 1. The molecular weight excluding hydrogens is 413 g/mol. The van der Waals surface area contributed by atoms with Crippen LogP contribution in [0.5, 0.6) is 0 Å². The SMILES string of the molecule is CC(=O)Nc1ccc(N2C(=O)CC(N(C(=O)c3ccc(F)cc3)C3CCCC3)C2=O)cc1. The molecule has 0 aromatic heterocycles. The molecule has 1 aliphatic heterocycles. The topological polar surface area (TPSA) is 86.8 Å². The predicted molar refractivity (Wildman–Crippen MR) is 116 cm³/mol. The first-order valence-electron chi connectivity index (χ1n) is 10.7. The summed E-state index contributed by atoms with van der Waals surface area (Å²) in [4.78, 5) is 53.4. The molecule has 1 N–H and O–H groups in total. The molecule has 1 saturated heterocycles. The van der Waals surface area contributed by atoms with Gasteiger partial charge in [-0.25, -0.2) is 9.29 Å². The quantitative estimate of drug-likeness (QED) is 0.726. The summed E-state index contributed by atoms with van der Waals surface area (Å²) in [7, 11) is 0. The smallest absolute Gasteiger partial charge is 0.257 e. The molecule has 0 bridgehead atoms. The number of amides is 4. The van der Waals surface area contributed by atoms with Crippen molar-refractivity contribution in [2.24, 2.45) is 0 Å². The molecule has 2 aromatic rings. The van der Waals surface area contributed by atoms with Gasteiger partial charge in [-0.15, -0.1) is 0 Å². The molecule has 0 radical (unpaired) electrons. The zero-order chi connectivity index (χ0) is 22.8. The van der Waals surface area contributed by atoms with Gasteiger partial charge >= 0.3 is 0 Å². The third-order valence-electron chi connectivity index (χ3n) is 5.95. The second-order valence-corrected chi connectivity index (χ2v) is 8.17. The fraction of sp³-hybridized carbons (Fsp3) is 0.333. The van der Waals surface area contributed by atoms with Gasteiger partial charge in [0.15, 0.2) is 0 Å². The number of hydrogen-bond acceptors (Lipinski definition) is 4. The van der Waals surface area contributed by atoms with E-state index in [9.17, 15) is 23.6 Å². The van der Waals surface area contributed by atoms with E-state index in [1.165, 1.54) is 36.1 Å². The Bertz CT molecular complexity index is 1050. The molecule has 2 fully saturated rings. The van der Waals surface area contributed by atoms with Crippen molar-refractivity contribution in [2.45, 2.75) is 51.1 Å². The molecule has 1 unspecified atom stereocenters. The van der Waals surface area contributed by atoms with Crippen LogP contribution in [0.1, 0.15) is 49.4 Å². The van der Waals surface area contributed by atoms with Gasteiger partial charge in [0, 0.05) is 24.2 Å². The average Bonchev–Trinajstić information content (AvgIpc) is 3.38. The molecule has 1 saturated carbocycles. The van der Waals surface area contributed by atoms with Crippen molar-refractivity contribution >= 4 is 35.0 Å². The van der Waals surface area contributed by atoms with Crippen molar-refractivity contribution in [2.75, 3.05) is 10.2 Å². The van der Waals surface area contributed by atoms with Crippen molar-refractivity contribution in [1.82, 2.24) is 4.90 Å². The average molecular weight is 437 g/mol. The standard InChI is InChI=1S/C24H24FN3O4/c1-15(29)26-18-10-12-20(13-11-18)28-22(30)14-21(24(28)32)27(19-4-2-3-5-19)23(31)16-6-8-17(25)9-7-16/h6-13,19,21H,2-5,14H2,1H3,(H,26,29). The summed E-state index contributed by atoms with van der Waals surface area (Å²) in [6, 6.07) is 10.6. The number of anilines is 2. The summed E-state index contributed by atoms with van der Waals surface area (Å²) in [6.07, 6.45) is 3.31. The summed E-state index contributed by atoms with van der Waals surface area (Å²) >= 11 is 0. The first kappa shape index (κ1) is 21.7. The molecule has 7 nitrogen and oxygen atoms in total. The Balaban J connectivity index is 1.61. The highest BCUT2D eigenvalue weighted by Gasteiger charge is 2.47. The Labute approximate surface area is 185 Å². The molecule has 8 heteroatoms. The first-order chi connectivity index (χ1) is 15.3. The highest BCUT2D eigenvalue weighted by atomic mass is 19.1. The number of halogens is 1. The van der Waals surface area contributed by atoms with E-state index in [1.807, 2.05) is 0 Å². The minimum Gasteiger partial charge on any atom is -0.326 e. The van der Waals surface area contributed by atoms with Crippen molar-refractivity contribution in [1.29, 1.82) is 0 Å². The summed E-state index contributed by atoms with van der Waals surface area (Å²) in [6.45, 7) is 1.39. The molecule has 2 aromatic carbocycles. The van der Waals surface area contributed by atoms with Crippen LogP contribution in [0.15, 0.2) is 48.5 Å². The molecule has 166 valence electrons. The molecule has 0 spiro atoms. The second kappa shape index (κ2) is 8.90. The monoisotopic (exact) mass is 437 g/mol. The van der Waals surface area contributed by atoms with Crippen LogP contribution in [0.3, 0.4) is 0 Å². The van der Waals surface area contributed by atoms with Gasteiger partial charge in [0.1, 0.15) is 11.9 Å². The van der Waals surface area contributed by atoms with E-state index in [1.54, 1.807) is 24.3 Å². The number of benzene rings is 2. The van der Waals surface area contributed by atoms with Crippen LogP contribution in [0.4, 0.5) is 15.8 Å². The molecular formula is C24H24FN3O4. The molecule has 2 aliphatic rings. The van der Waals surface area contributed by atoms with Crippen LogP contribution in [-0.4, -0.2) is 40.6 Å². The Kier molecular flexibility index (Phi) is 6.03. The molecule has 32 heavy (non-hydrogen) atoms. The van der Waals surface area contributed by atoms with Gasteiger partial charge in [-0.1, -0.05) is 12.8 Å². The van der Waals surface area contributed by atoms with Crippen LogP contribution in [0.2, 0.25) is 0 Å². The van der Waals surface area contributed by atoms with E-state index < -0.39 is 17.8 Å². The Morgan fingerprint density at radius 1 is 1.00 bits per heavy atom. The van der Waals surface area contributed by atoms with Crippen LogP contribution in [0.25, 0.3) is 0 Å². The normalized spacial score (nSPS) is 18.8. The summed E-state index contributed by atoms with van der Waals surface area (Å²) in [5.74, 6) is -1.88. The van der Waals surface area contributed by atoms with Crippen molar-refractivity contribution in [3.63, 3.8) is 0 Å². The van der Waals surface area contributed by atoms with Gasteiger partial charge < -0.3 is 10.2 Å². The van der Waals surface area contributed by atoms with Crippen molar-refractivity contribution in [3.8, 4) is 0 Å². The van der Waals surface area contributed by atoms with Crippen LogP contribution in [-0.2, 0) is 14.4 Å². The third-order valence-corrected chi connectivity index (χ3v) is 5.95. The number of carbonyl (C=O) groups is 4. The maximum atomic E-state index is 13.4. The van der Waals surface area contributed by atoms with E-state index in [0.29, 0.717) is 11.4 Å². The highest BCUT2D eigenvalue weighted by Crippen LogP contribution is 2.33. The zero-order valence-corrected chi connectivity index (χ0v) is 17.7. The number of nitrogens with one attached hydrogen (secondary N) is 1. The Morgan fingerprint density at radius 3 is 2.22 bits per heavy atom. The van der Waals surface area contributed by atoms with Gasteiger partial charge in [-0.05, 0) is 61.4 Å². The molecule has 1 heterocycles. The maximum Gasteiger partial charge on any atom is 0.257 e. The molecule has 4 rings (SSSR count). The lowest BCUT2D eigenvalue weighted by atomic mass is 10.1. The summed E-state index contributed by atoms with van der Waals surface area (Å²) < 4.78 is 13.4. The minimum atomic E-state index is -0.904. The number of rotatable bonds is 5. The van der Waals surface area contributed by atoms with Gasteiger partial charge in [0.05, 0.1) is 12.1 Å². The van der Waals surface area contributed by atoms with Crippen molar-refractivity contribution in [3.05, 3.63) is 59.9 Å². The Morgan fingerprint density at radius 2 is 1.62 bits per heavy atom. The lowest BCUT2D eigenvalue weighted by Gasteiger charge is -2.33. The van der Waals surface area contributed by atoms with E-state index in [4.69, 9.17) is 0 Å². The lowest BCUT2D eigenvalue weighted by molar-refractivity contribution is -0.123. The largest absolute Gasteiger partial charge is 0.326 e.